The first-order chi connectivity index (χ1) is 22.5. The van der Waals surface area contributed by atoms with Crippen LogP contribution in [0, 0.1) is 18.2 Å². The summed E-state index contributed by atoms with van der Waals surface area (Å²) in [5.41, 5.74) is 6.13. The molecule has 2 aliphatic heterocycles. The molecule has 0 bridgehead atoms. The molecular weight excluding hydrogens is 593 g/mol. The van der Waals surface area contributed by atoms with E-state index in [0.717, 1.165) is 85.1 Å². The van der Waals surface area contributed by atoms with Gasteiger partial charge in [-0.15, -0.1) is 0 Å². The number of aliphatic carboxylic acids is 1. The summed E-state index contributed by atoms with van der Waals surface area (Å²) in [5, 5.41) is 10.6. The molecule has 3 aliphatic rings. The van der Waals surface area contributed by atoms with E-state index in [0.29, 0.717) is 24.0 Å². The molecule has 3 heterocycles. The van der Waals surface area contributed by atoms with Crippen LogP contribution in [0.25, 0.3) is 11.1 Å². The average molecular weight is 644 g/mol. The summed E-state index contributed by atoms with van der Waals surface area (Å²) < 4.78 is 25.7. The highest BCUT2D eigenvalue weighted by molar-refractivity contribution is 5.88. The van der Waals surface area contributed by atoms with Gasteiger partial charge in [-0.1, -0.05) is 30.7 Å². The van der Waals surface area contributed by atoms with E-state index in [1.165, 1.54) is 44.2 Å². The first-order valence-corrected chi connectivity index (χ1v) is 17.4. The maximum absolute atomic E-state index is 13.3. The van der Waals surface area contributed by atoms with Crippen LogP contribution in [0.5, 0.6) is 5.75 Å². The molecule has 0 amide bonds. The predicted octanol–water partition coefficient (Wildman–Crippen LogP) is 8.12. The molecule has 2 saturated heterocycles. The number of nitrogens with zero attached hydrogens (tertiary/aromatic N) is 3. The van der Waals surface area contributed by atoms with Crippen LogP contribution in [0.15, 0.2) is 48.5 Å². The van der Waals surface area contributed by atoms with Gasteiger partial charge in [-0.2, -0.15) is 0 Å². The number of halogens is 1. The van der Waals surface area contributed by atoms with Crippen molar-refractivity contribution < 1.29 is 23.8 Å². The van der Waals surface area contributed by atoms with E-state index in [9.17, 15) is 14.3 Å². The van der Waals surface area contributed by atoms with Crippen LogP contribution < -0.4 is 9.64 Å². The molecule has 1 atom stereocenters. The molecule has 7 nitrogen and oxygen atoms in total. The van der Waals surface area contributed by atoms with Crippen molar-refractivity contribution in [1.29, 1.82) is 0 Å². The van der Waals surface area contributed by atoms with E-state index < -0.39 is 17.7 Å². The number of likely N-dealkylation sites (tertiary alicyclic amines) is 1. The summed E-state index contributed by atoms with van der Waals surface area (Å²) in [6, 6.07) is 14.7. The maximum atomic E-state index is 13.3. The average Bonchev–Trinajstić information content (AvgIpc) is 3.53. The van der Waals surface area contributed by atoms with Crippen molar-refractivity contribution in [2.75, 3.05) is 37.7 Å². The summed E-state index contributed by atoms with van der Waals surface area (Å²) >= 11 is 0. The standard InChI is InChI=1S/C39H50FN3O4/c1-27-33(36(37(44)45)47-38(2,3)4)35(43-23-19-39(20-24-43)17-7-18-39)34(32(41-27)26-42-21-5-6-22-42)29-10-14-31(15-11-29)46-25-16-28-8-12-30(40)13-9-28/h8-15,36H,5-7,16-26H2,1-4H3,(H,44,45). The third-order valence-corrected chi connectivity index (χ3v) is 10.3. The van der Waals surface area contributed by atoms with Gasteiger partial charge < -0.3 is 19.5 Å². The van der Waals surface area contributed by atoms with Gasteiger partial charge in [-0.3, -0.25) is 9.88 Å². The second kappa shape index (κ2) is 13.9. The Morgan fingerprint density at radius 1 is 0.957 bits per heavy atom. The third-order valence-electron chi connectivity index (χ3n) is 10.3. The zero-order valence-electron chi connectivity index (χ0n) is 28.5. The number of anilines is 1. The minimum Gasteiger partial charge on any atom is -0.493 e. The van der Waals surface area contributed by atoms with E-state index in [1.54, 1.807) is 12.1 Å². The molecular formula is C39H50FN3O4. The van der Waals surface area contributed by atoms with Crippen LogP contribution in [-0.2, 0) is 22.5 Å². The second-order valence-electron chi connectivity index (χ2n) is 14.8. The SMILES string of the molecule is Cc1nc(CN2CCCC2)c(-c2ccc(OCCc3ccc(F)cc3)cc2)c(N2CCC3(CCC3)CC2)c1C(OC(C)(C)C)C(=O)O. The molecule has 1 spiro atoms. The quantitative estimate of drug-likeness (QED) is 0.226. The van der Waals surface area contributed by atoms with Gasteiger partial charge in [0.15, 0.2) is 6.10 Å². The fourth-order valence-electron chi connectivity index (χ4n) is 7.60. The number of pyridine rings is 1. The van der Waals surface area contributed by atoms with Gasteiger partial charge in [0.05, 0.1) is 23.6 Å². The monoisotopic (exact) mass is 643 g/mol. The molecule has 252 valence electrons. The number of aryl methyl sites for hydroxylation is 1. The summed E-state index contributed by atoms with van der Waals surface area (Å²) in [5.74, 6) is -0.487. The summed E-state index contributed by atoms with van der Waals surface area (Å²) in [4.78, 5) is 23.1. The molecule has 2 aromatic carbocycles. The number of carboxylic acids is 1. The molecule has 6 rings (SSSR count). The Morgan fingerprint density at radius 2 is 1.62 bits per heavy atom. The second-order valence-corrected chi connectivity index (χ2v) is 14.8. The highest BCUT2D eigenvalue weighted by Crippen LogP contribution is 2.51. The summed E-state index contributed by atoms with van der Waals surface area (Å²) in [7, 11) is 0. The predicted molar refractivity (Wildman–Crippen MR) is 183 cm³/mol. The van der Waals surface area contributed by atoms with E-state index in [4.69, 9.17) is 14.5 Å². The normalized spacial score (nSPS) is 18.7. The molecule has 1 unspecified atom stereocenters. The number of aromatic nitrogens is 1. The number of piperidine rings is 1. The number of hydrogen-bond acceptors (Lipinski definition) is 6. The number of benzene rings is 2. The van der Waals surface area contributed by atoms with Crippen molar-refractivity contribution in [3.8, 4) is 16.9 Å². The van der Waals surface area contributed by atoms with Gasteiger partial charge >= 0.3 is 5.97 Å². The van der Waals surface area contributed by atoms with E-state index in [2.05, 4.69) is 21.9 Å². The van der Waals surface area contributed by atoms with E-state index in [-0.39, 0.29) is 5.82 Å². The molecule has 3 aromatic rings. The smallest absolute Gasteiger partial charge is 0.337 e. The number of carbonyl (C=O) groups is 1. The number of rotatable bonds is 11. The Morgan fingerprint density at radius 3 is 2.19 bits per heavy atom. The van der Waals surface area contributed by atoms with Crippen molar-refractivity contribution in [1.82, 2.24) is 9.88 Å². The Kier molecular flexibility index (Phi) is 9.90. The third kappa shape index (κ3) is 7.81. The fourth-order valence-corrected chi connectivity index (χ4v) is 7.60. The van der Waals surface area contributed by atoms with Gasteiger partial charge in [-0.25, -0.2) is 9.18 Å². The van der Waals surface area contributed by atoms with Crippen molar-refractivity contribution in [3.05, 3.63) is 76.9 Å². The Bertz CT molecular complexity index is 1530. The highest BCUT2D eigenvalue weighted by atomic mass is 19.1. The van der Waals surface area contributed by atoms with Crippen LogP contribution >= 0.6 is 0 Å². The Balaban J connectivity index is 1.40. The number of hydrogen-bond donors (Lipinski definition) is 1. The molecule has 1 N–H and O–H groups in total. The lowest BCUT2D eigenvalue weighted by Gasteiger charge is -2.49. The molecule has 8 heteroatoms. The van der Waals surface area contributed by atoms with Crippen LogP contribution in [0.1, 0.15) is 94.3 Å². The van der Waals surface area contributed by atoms with E-state index >= 15 is 0 Å². The number of ether oxygens (including phenoxy) is 2. The van der Waals surface area contributed by atoms with Crippen LogP contribution in [0.4, 0.5) is 10.1 Å². The lowest BCUT2D eigenvalue weighted by Crippen LogP contribution is -2.44. The van der Waals surface area contributed by atoms with Crippen LogP contribution in [-0.4, -0.2) is 59.3 Å². The van der Waals surface area contributed by atoms with Crippen molar-refractivity contribution in [2.24, 2.45) is 5.41 Å². The first-order valence-electron chi connectivity index (χ1n) is 17.4. The molecule has 47 heavy (non-hydrogen) atoms. The van der Waals surface area contributed by atoms with Gasteiger partial charge in [0.1, 0.15) is 11.6 Å². The first kappa shape index (κ1) is 33.4. The Labute approximate surface area is 279 Å². The van der Waals surface area contributed by atoms with Gasteiger partial charge in [0.25, 0.3) is 0 Å². The van der Waals surface area contributed by atoms with Crippen LogP contribution in [0.2, 0.25) is 0 Å². The highest BCUT2D eigenvalue weighted by Gasteiger charge is 2.42. The van der Waals surface area contributed by atoms with Crippen molar-refractivity contribution >= 4 is 11.7 Å². The number of carboxylic acid groups (broad SMARTS) is 1. The molecule has 3 fully saturated rings. The maximum Gasteiger partial charge on any atom is 0.337 e. The minimum atomic E-state index is -1.15. The van der Waals surface area contributed by atoms with Gasteiger partial charge in [-0.05, 0) is 120 Å². The van der Waals surface area contributed by atoms with Gasteiger partial charge in [0, 0.05) is 42.9 Å². The minimum absolute atomic E-state index is 0.241. The largest absolute Gasteiger partial charge is 0.493 e. The fraction of sp³-hybridized carbons (Fsp3) is 0.538. The lowest BCUT2D eigenvalue weighted by molar-refractivity contribution is -0.160. The summed E-state index contributed by atoms with van der Waals surface area (Å²) in [6.07, 6.45) is 8.03. The Hall–Kier alpha value is -3.49. The van der Waals surface area contributed by atoms with Crippen LogP contribution in [0.3, 0.4) is 0 Å². The van der Waals surface area contributed by atoms with Crippen molar-refractivity contribution in [3.63, 3.8) is 0 Å². The summed E-state index contributed by atoms with van der Waals surface area (Å²) in [6.45, 7) is 12.7. The van der Waals surface area contributed by atoms with Gasteiger partial charge in [0.2, 0.25) is 0 Å². The lowest BCUT2D eigenvalue weighted by atomic mass is 9.63. The molecule has 1 saturated carbocycles. The zero-order valence-corrected chi connectivity index (χ0v) is 28.5. The van der Waals surface area contributed by atoms with E-state index in [1.807, 2.05) is 39.8 Å². The zero-order chi connectivity index (χ0) is 33.2. The molecule has 1 aromatic heterocycles. The molecule has 1 aliphatic carbocycles. The van der Waals surface area contributed by atoms with Crippen molar-refractivity contribution in [2.45, 2.75) is 97.3 Å². The molecule has 0 radical (unpaired) electrons. The topological polar surface area (TPSA) is 75.1 Å².